The standard InChI is InChI=1S/C18H18N4O2S2/c1-3-19-18(24)22-16(23)11(2)26-17-12-7-4-5-8-13(12)20-15(21-17)14-9-6-10-25-14/h4-11H,3H2,1-2H3,(H2,19,22,23,24). The minimum absolute atomic E-state index is 0.360. The van der Waals surface area contributed by atoms with Crippen LogP contribution in [0.3, 0.4) is 0 Å². The summed E-state index contributed by atoms with van der Waals surface area (Å²) in [7, 11) is 0. The van der Waals surface area contributed by atoms with E-state index in [0.29, 0.717) is 12.4 Å². The monoisotopic (exact) mass is 386 g/mol. The van der Waals surface area contributed by atoms with E-state index in [0.717, 1.165) is 20.8 Å². The number of hydrogen-bond acceptors (Lipinski definition) is 6. The molecule has 0 fully saturated rings. The minimum atomic E-state index is -0.489. The van der Waals surface area contributed by atoms with Gasteiger partial charge in [-0.3, -0.25) is 10.1 Å². The van der Waals surface area contributed by atoms with Crippen LogP contribution in [0, 0.1) is 0 Å². The van der Waals surface area contributed by atoms with Crippen molar-refractivity contribution < 1.29 is 9.59 Å². The van der Waals surface area contributed by atoms with E-state index < -0.39 is 11.3 Å². The summed E-state index contributed by atoms with van der Waals surface area (Å²) in [5.74, 6) is 0.277. The van der Waals surface area contributed by atoms with Crippen molar-refractivity contribution >= 4 is 45.9 Å². The van der Waals surface area contributed by atoms with Crippen LogP contribution in [0.2, 0.25) is 0 Å². The fraction of sp³-hybridized carbons (Fsp3) is 0.222. The highest BCUT2D eigenvalue weighted by Gasteiger charge is 2.20. The van der Waals surface area contributed by atoms with E-state index in [1.165, 1.54) is 11.8 Å². The van der Waals surface area contributed by atoms with Crippen LogP contribution < -0.4 is 10.6 Å². The van der Waals surface area contributed by atoms with E-state index >= 15 is 0 Å². The molecule has 26 heavy (non-hydrogen) atoms. The number of para-hydroxylation sites is 1. The Bertz CT molecular complexity index is 928. The van der Waals surface area contributed by atoms with Gasteiger partial charge in [0.05, 0.1) is 15.6 Å². The van der Waals surface area contributed by atoms with Crippen molar-refractivity contribution in [1.82, 2.24) is 20.6 Å². The summed E-state index contributed by atoms with van der Waals surface area (Å²) in [6, 6.07) is 11.1. The number of amides is 3. The summed E-state index contributed by atoms with van der Waals surface area (Å²) in [5.41, 5.74) is 0.824. The number of carbonyl (C=O) groups is 2. The highest BCUT2D eigenvalue weighted by atomic mass is 32.2. The van der Waals surface area contributed by atoms with Gasteiger partial charge in [0.1, 0.15) is 5.03 Å². The Balaban J connectivity index is 1.89. The third kappa shape index (κ3) is 4.20. The maximum absolute atomic E-state index is 12.2. The molecule has 2 aromatic heterocycles. The Kier molecular flexibility index (Phi) is 5.85. The predicted octanol–water partition coefficient (Wildman–Crippen LogP) is 3.68. The first-order valence-electron chi connectivity index (χ1n) is 8.14. The molecule has 0 bridgehead atoms. The van der Waals surface area contributed by atoms with Gasteiger partial charge in [-0.2, -0.15) is 0 Å². The van der Waals surface area contributed by atoms with E-state index in [9.17, 15) is 9.59 Å². The number of thiophene rings is 1. The molecule has 1 aromatic carbocycles. The molecule has 1 atom stereocenters. The average molecular weight is 387 g/mol. The summed E-state index contributed by atoms with van der Waals surface area (Å²) in [6.07, 6.45) is 0. The third-order valence-electron chi connectivity index (χ3n) is 3.54. The van der Waals surface area contributed by atoms with Crippen LogP contribution in [-0.4, -0.2) is 33.7 Å². The van der Waals surface area contributed by atoms with Crippen LogP contribution in [-0.2, 0) is 4.79 Å². The van der Waals surface area contributed by atoms with Gasteiger partial charge in [-0.25, -0.2) is 14.8 Å². The smallest absolute Gasteiger partial charge is 0.321 e. The third-order valence-corrected chi connectivity index (χ3v) is 5.51. The molecule has 0 spiro atoms. The van der Waals surface area contributed by atoms with Crippen molar-refractivity contribution in [3.63, 3.8) is 0 Å². The number of aromatic nitrogens is 2. The van der Waals surface area contributed by atoms with Crippen LogP contribution in [0.4, 0.5) is 4.79 Å². The second-order valence-electron chi connectivity index (χ2n) is 5.46. The van der Waals surface area contributed by atoms with Gasteiger partial charge in [0.2, 0.25) is 5.91 Å². The zero-order chi connectivity index (χ0) is 18.5. The second kappa shape index (κ2) is 8.29. The predicted molar refractivity (Wildman–Crippen MR) is 105 cm³/mol. The Hall–Kier alpha value is -2.45. The van der Waals surface area contributed by atoms with Gasteiger partial charge in [0.25, 0.3) is 0 Å². The van der Waals surface area contributed by atoms with Crippen molar-refractivity contribution in [3.05, 3.63) is 41.8 Å². The van der Waals surface area contributed by atoms with Gasteiger partial charge in [-0.1, -0.05) is 36.0 Å². The quantitative estimate of drug-likeness (QED) is 0.516. The Morgan fingerprint density at radius 2 is 2.00 bits per heavy atom. The van der Waals surface area contributed by atoms with E-state index in [-0.39, 0.29) is 5.91 Å². The van der Waals surface area contributed by atoms with Crippen LogP contribution in [0.15, 0.2) is 46.8 Å². The molecule has 0 radical (unpaired) electrons. The van der Waals surface area contributed by atoms with Crippen molar-refractivity contribution in [2.24, 2.45) is 0 Å². The molecular weight excluding hydrogens is 368 g/mol. The Labute approximate surface area is 159 Å². The number of urea groups is 1. The van der Waals surface area contributed by atoms with Crippen LogP contribution >= 0.6 is 23.1 Å². The fourth-order valence-electron chi connectivity index (χ4n) is 2.29. The maximum Gasteiger partial charge on any atom is 0.321 e. The number of carbonyl (C=O) groups excluding carboxylic acids is 2. The Morgan fingerprint density at radius 3 is 2.73 bits per heavy atom. The number of imide groups is 1. The Morgan fingerprint density at radius 1 is 1.19 bits per heavy atom. The van der Waals surface area contributed by atoms with E-state index in [2.05, 4.69) is 20.6 Å². The SMILES string of the molecule is CCNC(=O)NC(=O)C(C)Sc1nc(-c2cccs2)nc2ccccc12. The summed E-state index contributed by atoms with van der Waals surface area (Å²) in [5, 5.41) is 7.99. The number of fused-ring (bicyclic) bond motifs is 1. The fourth-order valence-corrected chi connectivity index (χ4v) is 3.89. The molecule has 8 heteroatoms. The molecule has 2 heterocycles. The number of thioether (sulfide) groups is 1. The van der Waals surface area contributed by atoms with Crippen LogP contribution in [0.1, 0.15) is 13.8 Å². The van der Waals surface area contributed by atoms with Crippen molar-refractivity contribution in [3.8, 4) is 10.7 Å². The van der Waals surface area contributed by atoms with Gasteiger partial charge in [0.15, 0.2) is 5.82 Å². The summed E-state index contributed by atoms with van der Waals surface area (Å²) in [4.78, 5) is 34.1. The van der Waals surface area contributed by atoms with Crippen molar-refractivity contribution in [2.75, 3.05) is 6.54 Å². The van der Waals surface area contributed by atoms with Crippen molar-refractivity contribution in [1.29, 1.82) is 0 Å². The van der Waals surface area contributed by atoms with E-state index in [4.69, 9.17) is 0 Å². The number of hydrogen-bond donors (Lipinski definition) is 2. The lowest BCUT2D eigenvalue weighted by Gasteiger charge is -2.13. The first-order chi connectivity index (χ1) is 12.6. The summed E-state index contributed by atoms with van der Waals surface area (Å²) < 4.78 is 0. The van der Waals surface area contributed by atoms with Gasteiger partial charge in [-0.15, -0.1) is 11.3 Å². The molecule has 0 aliphatic rings. The molecule has 0 saturated heterocycles. The lowest BCUT2D eigenvalue weighted by Crippen LogP contribution is -2.42. The lowest BCUT2D eigenvalue weighted by atomic mass is 10.2. The normalized spacial score (nSPS) is 11.9. The molecule has 1 unspecified atom stereocenters. The first-order valence-corrected chi connectivity index (χ1v) is 9.90. The number of rotatable bonds is 5. The van der Waals surface area contributed by atoms with Gasteiger partial charge in [-0.05, 0) is 31.4 Å². The largest absolute Gasteiger partial charge is 0.338 e. The highest BCUT2D eigenvalue weighted by Crippen LogP contribution is 2.32. The first kappa shape index (κ1) is 18.3. The molecule has 0 aliphatic carbocycles. The van der Waals surface area contributed by atoms with E-state index in [1.807, 2.05) is 41.8 Å². The maximum atomic E-state index is 12.2. The molecule has 3 amide bonds. The van der Waals surface area contributed by atoms with Crippen LogP contribution in [0.5, 0.6) is 0 Å². The summed E-state index contributed by atoms with van der Waals surface area (Å²) in [6.45, 7) is 4.00. The average Bonchev–Trinajstić information content (AvgIpc) is 3.16. The molecule has 6 nitrogen and oxygen atoms in total. The molecular formula is C18H18N4O2S2. The second-order valence-corrected chi connectivity index (χ2v) is 7.73. The molecule has 134 valence electrons. The molecule has 3 aromatic rings. The zero-order valence-electron chi connectivity index (χ0n) is 14.4. The van der Waals surface area contributed by atoms with Gasteiger partial charge < -0.3 is 5.32 Å². The van der Waals surface area contributed by atoms with Crippen molar-refractivity contribution in [2.45, 2.75) is 24.1 Å². The highest BCUT2D eigenvalue weighted by molar-refractivity contribution is 8.00. The van der Waals surface area contributed by atoms with E-state index in [1.54, 1.807) is 25.2 Å². The molecule has 0 saturated carbocycles. The summed E-state index contributed by atoms with van der Waals surface area (Å²) >= 11 is 2.88. The molecule has 3 rings (SSSR count). The molecule has 2 N–H and O–H groups in total. The number of nitrogens with zero attached hydrogens (tertiary/aromatic N) is 2. The molecule has 0 aliphatic heterocycles. The van der Waals surface area contributed by atoms with Gasteiger partial charge in [0, 0.05) is 11.9 Å². The zero-order valence-corrected chi connectivity index (χ0v) is 16.0. The minimum Gasteiger partial charge on any atom is -0.338 e. The number of benzene rings is 1. The van der Waals surface area contributed by atoms with Gasteiger partial charge >= 0.3 is 6.03 Å². The van der Waals surface area contributed by atoms with Crippen LogP contribution in [0.25, 0.3) is 21.6 Å². The lowest BCUT2D eigenvalue weighted by molar-refractivity contribution is -0.119. The topological polar surface area (TPSA) is 84.0 Å². The number of nitrogens with one attached hydrogen (secondary N) is 2.